The van der Waals surface area contributed by atoms with Crippen LogP contribution in [0.15, 0.2) is 60.8 Å². The van der Waals surface area contributed by atoms with Crippen LogP contribution in [0.1, 0.15) is 28.2 Å². The van der Waals surface area contributed by atoms with Crippen molar-refractivity contribution < 1.29 is 4.79 Å². The third kappa shape index (κ3) is 4.73. The van der Waals surface area contributed by atoms with Crippen molar-refractivity contribution in [3.05, 3.63) is 89.0 Å². The van der Waals surface area contributed by atoms with E-state index in [4.69, 9.17) is 0 Å². The molecule has 2 heterocycles. The summed E-state index contributed by atoms with van der Waals surface area (Å²) < 4.78 is 2.21. The molecule has 0 spiro atoms. The molecule has 27 heavy (non-hydrogen) atoms. The van der Waals surface area contributed by atoms with Gasteiger partial charge in [0.05, 0.1) is 0 Å². The van der Waals surface area contributed by atoms with Crippen molar-refractivity contribution in [1.82, 2.24) is 14.9 Å². The average molecular weight is 359 g/mol. The van der Waals surface area contributed by atoms with E-state index in [0.717, 1.165) is 34.8 Å². The summed E-state index contributed by atoms with van der Waals surface area (Å²) in [6, 6.07) is 16.4. The van der Waals surface area contributed by atoms with Crippen LogP contribution in [0.3, 0.4) is 0 Å². The van der Waals surface area contributed by atoms with Gasteiger partial charge in [0.2, 0.25) is 5.91 Å². The van der Waals surface area contributed by atoms with Crippen LogP contribution in [0.25, 0.3) is 11.8 Å². The summed E-state index contributed by atoms with van der Waals surface area (Å²) >= 11 is 0. The Morgan fingerprint density at radius 3 is 2.59 bits per heavy atom. The quantitative estimate of drug-likeness (QED) is 0.672. The highest BCUT2D eigenvalue weighted by molar-refractivity contribution is 5.91. The lowest BCUT2D eigenvalue weighted by molar-refractivity contribution is -0.116. The molecular weight excluding hydrogens is 334 g/mol. The Morgan fingerprint density at radius 2 is 1.89 bits per heavy atom. The van der Waals surface area contributed by atoms with Gasteiger partial charge in [0.15, 0.2) is 0 Å². The number of aromatic nitrogens is 2. The maximum atomic E-state index is 12.1. The zero-order valence-electron chi connectivity index (χ0n) is 16.1. The smallest absolute Gasteiger partial charge is 0.244 e. The summed E-state index contributed by atoms with van der Waals surface area (Å²) in [4.78, 5) is 16.3. The minimum atomic E-state index is -0.0916. The zero-order valence-corrected chi connectivity index (χ0v) is 16.1. The molecule has 0 aliphatic rings. The second-order valence-electron chi connectivity index (χ2n) is 6.69. The van der Waals surface area contributed by atoms with Gasteiger partial charge in [0, 0.05) is 48.0 Å². The van der Waals surface area contributed by atoms with E-state index in [9.17, 15) is 4.79 Å². The van der Waals surface area contributed by atoms with Gasteiger partial charge in [-0.05, 0) is 62.7 Å². The Balaban J connectivity index is 1.64. The van der Waals surface area contributed by atoms with Gasteiger partial charge in [-0.15, -0.1) is 0 Å². The van der Waals surface area contributed by atoms with Crippen molar-refractivity contribution in [2.75, 3.05) is 6.54 Å². The maximum Gasteiger partial charge on any atom is 0.244 e. The largest absolute Gasteiger partial charge is 0.352 e. The first kappa shape index (κ1) is 18.6. The molecule has 0 aliphatic heterocycles. The molecule has 0 saturated heterocycles. The summed E-state index contributed by atoms with van der Waals surface area (Å²) in [7, 11) is 0. The summed E-state index contributed by atoms with van der Waals surface area (Å²) in [5.41, 5.74) is 6.66. The van der Waals surface area contributed by atoms with Crippen LogP contribution in [0.4, 0.5) is 0 Å². The third-order valence-electron chi connectivity index (χ3n) is 4.58. The molecule has 0 atom stereocenters. The van der Waals surface area contributed by atoms with E-state index >= 15 is 0 Å². The van der Waals surface area contributed by atoms with Crippen LogP contribution in [0.2, 0.25) is 0 Å². The Morgan fingerprint density at radius 1 is 1.11 bits per heavy atom. The molecule has 0 aliphatic carbocycles. The molecule has 4 nitrogen and oxygen atoms in total. The number of hydrogen-bond donors (Lipinski definition) is 1. The molecule has 3 aromatic rings. The van der Waals surface area contributed by atoms with Gasteiger partial charge in [-0.1, -0.05) is 23.8 Å². The second kappa shape index (κ2) is 8.49. The highest BCUT2D eigenvalue weighted by Crippen LogP contribution is 2.22. The first-order valence-electron chi connectivity index (χ1n) is 9.16. The van der Waals surface area contributed by atoms with E-state index in [-0.39, 0.29) is 5.91 Å². The van der Waals surface area contributed by atoms with Gasteiger partial charge >= 0.3 is 0 Å². The molecular formula is C23H25N3O. The maximum absolute atomic E-state index is 12.1. The van der Waals surface area contributed by atoms with Crippen LogP contribution in [-0.4, -0.2) is 22.0 Å². The number of nitrogens with one attached hydrogen (secondary N) is 1. The van der Waals surface area contributed by atoms with E-state index in [1.54, 1.807) is 12.3 Å². The van der Waals surface area contributed by atoms with E-state index in [1.807, 2.05) is 24.3 Å². The summed E-state index contributed by atoms with van der Waals surface area (Å²) in [5, 5.41) is 2.91. The normalized spacial score (nSPS) is 11.1. The standard InChI is InChI=1S/C23H25N3O/c1-17-7-10-22(11-8-17)26-18(2)16-20(19(26)3)9-12-23(27)25-15-13-21-6-4-5-14-24-21/h4-12,14,16H,13,15H2,1-3H3,(H,25,27). The van der Waals surface area contributed by atoms with Crippen LogP contribution in [-0.2, 0) is 11.2 Å². The first-order chi connectivity index (χ1) is 13.0. The van der Waals surface area contributed by atoms with Gasteiger partial charge in [0.25, 0.3) is 0 Å². The number of nitrogens with zero attached hydrogens (tertiary/aromatic N) is 2. The molecule has 138 valence electrons. The lowest BCUT2D eigenvalue weighted by atomic mass is 10.2. The number of pyridine rings is 1. The minimum absolute atomic E-state index is 0.0916. The fourth-order valence-corrected chi connectivity index (χ4v) is 3.13. The molecule has 4 heteroatoms. The second-order valence-corrected chi connectivity index (χ2v) is 6.69. The van der Waals surface area contributed by atoms with Gasteiger partial charge in [0.1, 0.15) is 0 Å². The van der Waals surface area contributed by atoms with Gasteiger partial charge < -0.3 is 9.88 Å². The highest BCUT2D eigenvalue weighted by atomic mass is 16.1. The summed E-state index contributed by atoms with van der Waals surface area (Å²) in [5.74, 6) is -0.0916. The number of aryl methyl sites for hydroxylation is 2. The molecule has 1 aromatic carbocycles. The van der Waals surface area contributed by atoms with E-state index < -0.39 is 0 Å². The molecule has 1 amide bonds. The summed E-state index contributed by atoms with van der Waals surface area (Å²) in [6.07, 6.45) is 5.96. The number of rotatable bonds is 6. The number of benzene rings is 1. The lowest BCUT2D eigenvalue weighted by Crippen LogP contribution is -2.23. The summed E-state index contributed by atoms with van der Waals surface area (Å²) in [6.45, 7) is 6.81. The van der Waals surface area contributed by atoms with Crippen molar-refractivity contribution in [3.8, 4) is 5.69 Å². The molecule has 1 N–H and O–H groups in total. The van der Waals surface area contributed by atoms with Crippen molar-refractivity contribution >= 4 is 12.0 Å². The Bertz CT molecular complexity index is 938. The van der Waals surface area contributed by atoms with Crippen LogP contribution < -0.4 is 5.32 Å². The fourth-order valence-electron chi connectivity index (χ4n) is 3.13. The molecule has 0 unspecified atom stereocenters. The molecule has 0 bridgehead atoms. The first-order valence-corrected chi connectivity index (χ1v) is 9.16. The van der Waals surface area contributed by atoms with Gasteiger partial charge in [-0.3, -0.25) is 9.78 Å². The minimum Gasteiger partial charge on any atom is -0.352 e. The van der Waals surface area contributed by atoms with Crippen molar-refractivity contribution in [2.45, 2.75) is 27.2 Å². The fraction of sp³-hybridized carbons (Fsp3) is 0.217. The monoisotopic (exact) mass is 359 g/mol. The molecule has 0 saturated carbocycles. The molecule has 0 fully saturated rings. The third-order valence-corrected chi connectivity index (χ3v) is 4.58. The Kier molecular flexibility index (Phi) is 5.87. The molecule has 3 rings (SSSR count). The highest BCUT2D eigenvalue weighted by Gasteiger charge is 2.09. The van der Waals surface area contributed by atoms with E-state index in [2.05, 4.69) is 66.0 Å². The Hall–Kier alpha value is -3.14. The van der Waals surface area contributed by atoms with E-state index in [0.29, 0.717) is 6.54 Å². The van der Waals surface area contributed by atoms with Crippen molar-refractivity contribution in [2.24, 2.45) is 0 Å². The topological polar surface area (TPSA) is 46.9 Å². The SMILES string of the molecule is Cc1ccc(-n2c(C)cc(C=CC(=O)NCCc3ccccn3)c2C)cc1. The number of carbonyl (C=O) groups excluding carboxylic acids is 1. The van der Waals surface area contributed by atoms with Crippen LogP contribution >= 0.6 is 0 Å². The zero-order chi connectivity index (χ0) is 19.2. The van der Waals surface area contributed by atoms with Crippen LogP contribution in [0.5, 0.6) is 0 Å². The number of carbonyl (C=O) groups is 1. The van der Waals surface area contributed by atoms with Gasteiger partial charge in [-0.25, -0.2) is 0 Å². The predicted molar refractivity (Wildman–Crippen MR) is 110 cm³/mol. The molecule has 0 radical (unpaired) electrons. The van der Waals surface area contributed by atoms with Crippen LogP contribution in [0, 0.1) is 20.8 Å². The number of hydrogen-bond acceptors (Lipinski definition) is 2. The number of amides is 1. The average Bonchev–Trinajstić information content (AvgIpc) is 2.95. The van der Waals surface area contributed by atoms with Gasteiger partial charge in [-0.2, -0.15) is 0 Å². The Labute approximate surface area is 160 Å². The lowest BCUT2D eigenvalue weighted by Gasteiger charge is -2.09. The van der Waals surface area contributed by atoms with Crippen molar-refractivity contribution in [1.29, 1.82) is 0 Å². The van der Waals surface area contributed by atoms with Crippen molar-refractivity contribution in [3.63, 3.8) is 0 Å². The van der Waals surface area contributed by atoms with E-state index in [1.165, 1.54) is 5.56 Å². The predicted octanol–water partition coefficient (Wildman–Crippen LogP) is 4.17. The molecule has 2 aromatic heterocycles.